The van der Waals surface area contributed by atoms with Crippen LogP contribution in [0.4, 0.5) is 0 Å². The molecular formula is C12H18N2O3. The molecule has 0 heterocycles. The molecule has 0 spiro atoms. The summed E-state index contributed by atoms with van der Waals surface area (Å²) in [5.41, 5.74) is 6.10. The number of carbonyl (C=O) groups excluding carboxylic acids is 1. The number of aliphatic hydroxyl groups excluding tert-OH is 1. The zero-order valence-corrected chi connectivity index (χ0v) is 9.85. The summed E-state index contributed by atoms with van der Waals surface area (Å²) >= 11 is 0. The molecule has 0 saturated carbocycles. The maximum absolute atomic E-state index is 11.3. The lowest BCUT2D eigenvalue weighted by atomic mass is 10.2. The predicted octanol–water partition coefficient (Wildman–Crippen LogP) is 0.0211. The highest BCUT2D eigenvalue weighted by atomic mass is 16.5. The number of ether oxygens (including phenoxy) is 1. The van der Waals surface area contributed by atoms with Crippen LogP contribution in [-0.4, -0.2) is 30.3 Å². The van der Waals surface area contributed by atoms with Gasteiger partial charge in [-0.1, -0.05) is 12.1 Å². The van der Waals surface area contributed by atoms with Crippen LogP contribution in [0.25, 0.3) is 0 Å². The van der Waals surface area contributed by atoms with Crippen molar-refractivity contribution in [2.45, 2.75) is 19.6 Å². The molecule has 1 unspecified atom stereocenters. The van der Waals surface area contributed by atoms with Crippen LogP contribution in [0.3, 0.4) is 0 Å². The van der Waals surface area contributed by atoms with Crippen LogP contribution >= 0.6 is 0 Å². The molecule has 94 valence electrons. The summed E-state index contributed by atoms with van der Waals surface area (Å²) in [6, 6.07) is 7.40. The third-order valence-corrected chi connectivity index (χ3v) is 2.23. The lowest BCUT2D eigenvalue weighted by Crippen LogP contribution is -2.38. The Kier molecular flexibility index (Phi) is 5.45. The summed E-state index contributed by atoms with van der Waals surface area (Å²) in [7, 11) is 0. The molecule has 4 N–H and O–H groups in total. The third kappa shape index (κ3) is 4.42. The van der Waals surface area contributed by atoms with Crippen molar-refractivity contribution in [1.29, 1.82) is 0 Å². The molecule has 1 aromatic carbocycles. The van der Waals surface area contributed by atoms with Gasteiger partial charge in [0.05, 0.1) is 6.61 Å². The van der Waals surface area contributed by atoms with Crippen molar-refractivity contribution in [3.05, 3.63) is 29.8 Å². The number of benzene rings is 1. The Morgan fingerprint density at radius 1 is 1.47 bits per heavy atom. The number of hydrogen-bond donors (Lipinski definition) is 3. The van der Waals surface area contributed by atoms with Crippen LogP contribution in [0.15, 0.2) is 24.3 Å². The molecule has 17 heavy (non-hydrogen) atoms. The summed E-state index contributed by atoms with van der Waals surface area (Å²) in [6.07, 6.45) is -1.14. The maximum atomic E-state index is 11.3. The fourth-order valence-corrected chi connectivity index (χ4v) is 1.28. The maximum Gasteiger partial charge on any atom is 0.250 e. The second-order valence-corrected chi connectivity index (χ2v) is 3.55. The Bertz CT molecular complexity index is 351. The van der Waals surface area contributed by atoms with Crippen molar-refractivity contribution in [2.24, 2.45) is 5.73 Å². The predicted molar refractivity (Wildman–Crippen MR) is 64.5 cm³/mol. The molecule has 0 saturated heterocycles. The summed E-state index contributed by atoms with van der Waals surface area (Å²) in [6.45, 7) is 2.83. The van der Waals surface area contributed by atoms with E-state index >= 15 is 0 Å². The first kappa shape index (κ1) is 13.5. The van der Waals surface area contributed by atoms with Crippen molar-refractivity contribution in [1.82, 2.24) is 5.32 Å². The quantitative estimate of drug-likeness (QED) is 0.652. The molecule has 5 nitrogen and oxygen atoms in total. The van der Waals surface area contributed by atoms with Gasteiger partial charge in [-0.3, -0.25) is 4.79 Å². The zero-order chi connectivity index (χ0) is 12.7. The van der Waals surface area contributed by atoms with Gasteiger partial charge in [-0.2, -0.15) is 0 Å². The van der Waals surface area contributed by atoms with E-state index in [0.29, 0.717) is 13.2 Å². The number of hydrogen-bond acceptors (Lipinski definition) is 4. The molecule has 1 aromatic rings. The lowest BCUT2D eigenvalue weighted by molar-refractivity contribution is -0.128. The minimum absolute atomic E-state index is 0.0743. The summed E-state index contributed by atoms with van der Waals surface area (Å²) in [4.78, 5) is 11.3. The van der Waals surface area contributed by atoms with Gasteiger partial charge in [0.15, 0.2) is 0 Å². The summed E-state index contributed by atoms with van der Waals surface area (Å²) < 4.78 is 5.30. The molecule has 0 radical (unpaired) electrons. The molecule has 1 amide bonds. The van der Waals surface area contributed by atoms with E-state index in [4.69, 9.17) is 15.6 Å². The number of rotatable bonds is 6. The van der Waals surface area contributed by atoms with E-state index in [0.717, 1.165) is 11.3 Å². The molecule has 1 rings (SSSR count). The molecule has 0 aliphatic heterocycles. The van der Waals surface area contributed by atoms with Crippen molar-refractivity contribution in [2.75, 3.05) is 13.2 Å². The molecule has 1 atom stereocenters. The van der Waals surface area contributed by atoms with Crippen molar-refractivity contribution >= 4 is 5.91 Å². The van der Waals surface area contributed by atoms with Gasteiger partial charge < -0.3 is 20.9 Å². The van der Waals surface area contributed by atoms with E-state index in [1.54, 1.807) is 0 Å². The van der Waals surface area contributed by atoms with Crippen molar-refractivity contribution in [3.8, 4) is 5.75 Å². The van der Waals surface area contributed by atoms with Gasteiger partial charge in [-0.25, -0.2) is 0 Å². The van der Waals surface area contributed by atoms with Gasteiger partial charge >= 0.3 is 0 Å². The highest BCUT2D eigenvalue weighted by Crippen LogP contribution is 2.11. The molecule has 0 aliphatic rings. The Balaban J connectivity index is 2.44. The second kappa shape index (κ2) is 6.88. The lowest BCUT2D eigenvalue weighted by Gasteiger charge is -2.09. The van der Waals surface area contributed by atoms with Gasteiger partial charge in [0.1, 0.15) is 11.9 Å². The van der Waals surface area contributed by atoms with Crippen LogP contribution in [0.2, 0.25) is 0 Å². The fraction of sp³-hybridized carbons (Fsp3) is 0.417. The van der Waals surface area contributed by atoms with E-state index in [1.807, 2.05) is 31.2 Å². The average molecular weight is 238 g/mol. The van der Waals surface area contributed by atoms with Crippen LogP contribution in [0, 0.1) is 0 Å². The molecule has 0 fully saturated rings. The van der Waals surface area contributed by atoms with Gasteiger partial charge in [0, 0.05) is 13.1 Å². The molecule has 0 aliphatic carbocycles. The average Bonchev–Trinajstić information content (AvgIpc) is 2.37. The second-order valence-electron chi connectivity index (χ2n) is 3.55. The van der Waals surface area contributed by atoms with Gasteiger partial charge in [0.2, 0.25) is 5.91 Å². The Morgan fingerprint density at radius 2 is 2.12 bits per heavy atom. The minimum atomic E-state index is -1.14. The fourth-order valence-electron chi connectivity index (χ4n) is 1.28. The van der Waals surface area contributed by atoms with Gasteiger partial charge in [-0.15, -0.1) is 0 Å². The highest BCUT2D eigenvalue weighted by Gasteiger charge is 2.11. The monoisotopic (exact) mass is 238 g/mol. The van der Waals surface area contributed by atoms with Crippen LogP contribution in [-0.2, 0) is 11.3 Å². The smallest absolute Gasteiger partial charge is 0.250 e. The largest absolute Gasteiger partial charge is 0.494 e. The first-order valence-corrected chi connectivity index (χ1v) is 5.55. The number of carbonyl (C=O) groups is 1. The minimum Gasteiger partial charge on any atom is -0.494 e. The van der Waals surface area contributed by atoms with Crippen molar-refractivity contribution in [3.63, 3.8) is 0 Å². The molecule has 0 bridgehead atoms. The highest BCUT2D eigenvalue weighted by molar-refractivity contribution is 5.80. The Morgan fingerprint density at radius 3 is 2.65 bits per heavy atom. The first-order valence-electron chi connectivity index (χ1n) is 5.55. The van der Waals surface area contributed by atoms with Crippen LogP contribution in [0.5, 0.6) is 5.75 Å². The van der Waals surface area contributed by atoms with E-state index in [2.05, 4.69) is 5.32 Å². The topological polar surface area (TPSA) is 84.6 Å². The standard InChI is InChI=1S/C12H18N2O3/c1-2-17-10-5-3-9(4-6-10)8-14-12(16)11(15)7-13/h3-6,11,15H,2,7-8,13H2,1H3,(H,14,16). The number of nitrogens with one attached hydrogen (secondary N) is 1. The molecule has 5 heteroatoms. The van der Waals surface area contributed by atoms with Crippen LogP contribution in [0.1, 0.15) is 12.5 Å². The number of aliphatic hydroxyl groups is 1. The number of amides is 1. The summed E-state index contributed by atoms with van der Waals surface area (Å²) in [5.74, 6) is 0.339. The SMILES string of the molecule is CCOc1ccc(CNC(=O)C(O)CN)cc1. The zero-order valence-electron chi connectivity index (χ0n) is 9.85. The first-order chi connectivity index (χ1) is 8.17. The Labute approximate surface area is 101 Å². The van der Waals surface area contributed by atoms with E-state index in [9.17, 15) is 4.79 Å². The van der Waals surface area contributed by atoms with E-state index < -0.39 is 12.0 Å². The summed E-state index contributed by atoms with van der Waals surface area (Å²) in [5, 5.41) is 11.8. The normalized spacial score (nSPS) is 11.9. The van der Waals surface area contributed by atoms with E-state index in [1.165, 1.54) is 0 Å². The number of nitrogens with two attached hydrogens (primary N) is 1. The van der Waals surface area contributed by atoms with E-state index in [-0.39, 0.29) is 6.54 Å². The Hall–Kier alpha value is -1.59. The molecule has 0 aromatic heterocycles. The van der Waals surface area contributed by atoms with Gasteiger partial charge in [0.25, 0.3) is 0 Å². The van der Waals surface area contributed by atoms with Crippen LogP contribution < -0.4 is 15.8 Å². The van der Waals surface area contributed by atoms with Gasteiger partial charge in [-0.05, 0) is 24.6 Å². The molecular weight excluding hydrogens is 220 g/mol. The van der Waals surface area contributed by atoms with Crippen molar-refractivity contribution < 1.29 is 14.6 Å². The third-order valence-electron chi connectivity index (χ3n) is 2.23.